The van der Waals surface area contributed by atoms with Crippen LogP contribution in [-0.2, 0) is 4.74 Å². The number of benzene rings is 1. The van der Waals surface area contributed by atoms with Crippen LogP contribution in [0.3, 0.4) is 0 Å². The van der Waals surface area contributed by atoms with Gasteiger partial charge in [-0.3, -0.25) is 4.79 Å². The van der Waals surface area contributed by atoms with Gasteiger partial charge in [0, 0.05) is 37.2 Å². The number of carbonyl (C=O) groups is 1. The molecular weight excluding hydrogens is 319 g/mol. The molecule has 1 aliphatic heterocycles. The van der Waals surface area contributed by atoms with Crippen molar-refractivity contribution < 1.29 is 13.9 Å². The maximum Gasteiger partial charge on any atom is 0.256 e. The summed E-state index contributed by atoms with van der Waals surface area (Å²) in [6.07, 6.45) is 3.20. The standard InChI is InChI=1S/C20H29FN2O2/c1-4-25-18-13-17(20(18,2)3)22-14-9-11-23(12-10-14)19(24)15-7-5-6-8-16(15)21/h5-8,14,17-18,22H,4,9-13H2,1-3H3/t17-,18-/m0/s1. The van der Waals surface area contributed by atoms with Crippen LogP contribution in [-0.4, -0.2) is 48.7 Å². The Morgan fingerprint density at radius 2 is 2.00 bits per heavy atom. The van der Waals surface area contributed by atoms with Crippen LogP contribution in [0.25, 0.3) is 0 Å². The molecule has 1 saturated heterocycles. The van der Waals surface area contributed by atoms with Crippen molar-refractivity contribution in [2.24, 2.45) is 5.41 Å². The van der Waals surface area contributed by atoms with E-state index in [2.05, 4.69) is 19.2 Å². The highest BCUT2D eigenvalue weighted by molar-refractivity contribution is 5.94. The van der Waals surface area contributed by atoms with Crippen LogP contribution in [0.5, 0.6) is 0 Å². The largest absolute Gasteiger partial charge is 0.378 e. The van der Waals surface area contributed by atoms with E-state index in [0.717, 1.165) is 25.9 Å². The first-order valence-corrected chi connectivity index (χ1v) is 9.35. The van der Waals surface area contributed by atoms with Crippen molar-refractivity contribution in [3.8, 4) is 0 Å². The molecule has 0 aromatic heterocycles. The average molecular weight is 348 g/mol. The van der Waals surface area contributed by atoms with E-state index >= 15 is 0 Å². The summed E-state index contributed by atoms with van der Waals surface area (Å²) in [6, 6.07) is 7.09. The molecule has 2 aliphatic rings. The van der Waals surface area contributed by atoms with E-state index in [1.165, 1.54) is 6.07 Å². The molecular formula is C20H29FN2O2. The molecule has 3 rings (SSSR count). The summed E-state index contributed by atoms with van der Waals surface area (Å²) in [7, 11) is 0. The first-order valence-electron chi connectivity index (χ1n) is 9.35. The summed E-state index contributed by atoms with van der Waals surface area (Å²) in [5.74, 6) is -0.636. The van der Waals surface area contributed by atoms with Gasteiger partial charge in [0.05, 0.1) is 11.7 Å². The number of rotatable bonds is 5. The number of hydrogen-bond acceptors (Lipinski definition) is 3. The van der Waals surface area contributed by atoms with Crippen LogP contribution >= 0.6 is 0 Å². The Balaban J connectivity index is 1.50. The van der Waals surface area contributed by atoms with Gasteiger partial charge < -0.3 is 15.0 Å². The first-order chi connectivity index (χ1) is 11.9. The van der Waals surface area contributed by atoms with Gasteiger partial charge in [-0.15, -0.1) is 0 Å². The second-order valence-electron chi connectivity index (χ2n) is 7.77. The molecule has 4 nitrogen and oxygen atoms in total. The summed E-state index contributed by atoms with van der Waals surface area (Å²) < 4.78 is 19.6. The maximum absolute atomic E-state index is 13.8. The second-order valence-corrected chi connectivity index (χ2v) is 7.77. The summed E-state index contributed by atoms with van der Waals surface area (Å²) in [6.45, 7) is 8.66. The smallest absolute Gasteiger partial charge is 0.256 e. The SMILES string of the molecule is CCO[C@H]1C[C@H](NC2CCN(C(=O)c3ccccc3F)CC2)C1(C)C. The molecule has 0 bridgehead atoms. The average Bonchev–Trinajstić information content (AvgIpc) is 2.61. The van der Waals surface area contributed by atoms with Crippen molar-refractivity contribution >= 4 is 5.91 Å². The van der Waals surface area contributed by atoms with Crippen molar-refractivity contribution in [3.05, 3.63) is 35.6 Å². The second kappa shape index (κ2) is 7.42. The van der Waals surface area contributed by atoms with E-state index in [9.17, 15) is 9.18 Å². The van der Waals surface area contributed by atoms with Gasteiger partial charge in [0.25, 0.3) is 5.91 Å². The summed E-state index contributed by atoms with van der Waals surface area (Å²) in [5.41, 5.74) is 0.324. The monoisotopic (exact) mass is 348 g/mol. The van der Waals surface area contributed by atoms with Crippen LogP contribution in [0, 0.1) is 11.2 Å². The van der Waals surface area contributed by atoms with Gasteiger partial charge in [-0.25, -0.2) is 4.39 Å². The van der Waals surface area contributed by atoms with Gasteiger partial charge in [-0.05, 0) is 38.3 Å². The van der Waals surface area contributed by atoms with Crippen molar-refractivity contribution in [1.82, 2.24) is 10.2 Å². The number of halogens is 1. The van der Waals surface area contributed by atoms with E-state index in [4.69, 9.17) is 4.74 Å². The first kappa shape index (κ1) is 18.3. The van der Waals surface area contributed by atoms with E-state index in [-0.39, 0.29) is 16.9 Å². The minimum absolute atomic E-state index is 0.149. The lowest BCUT2D eigenvalue weighted by Crippen LogP contribution is -2.63. The highest BCUT2D eigenvalue weighted by Gasteiger charge is 2.49. The van der Waals surface area contributed by atoms with Gasteiger partial charge in [-0.2, -0.15) is 0 Å². The summed E-state index contributed by atoms with van der Waals surface area (Å²) in [4.78, 5) is 14.3. The molecule has 1 N–H and O–H groups in total. The van der Waals surface area contributed by atoms with Gasteiger partial charge in [0.1, 0.15) is 5.82 Å². The van der Waals surface area contributed by atoms with Gasteiger partial charge >= 0.3 is 0 Å². The predicted molar refractivity (Wildman–Crippen MR) is 96.1 cm³/mol. The predicted octanol–water partition coefficient (Wildman–Crippen LogP) is 3.22. The fourth-order valence-electron chi connectivity index (χ4n) is 3.99. The number of hydrogen-bond donors (Lipinski definition) is 1. The zero-order valence-electron chi connectivity index (χ0n) is 15.4. The molecule has 0 spiro atoms. The number of ether oxygens (including phenoxy) is 1. The Morgan fingerprint density at radius 3 is 2.60 bits per heavy atom. The number of carbonyl (C=O) groups excluding carboxylic acids is 1. The zero-order chi connectivity index (χ0) is 18.0. The molecule has 25 heavy (non-hydrogen) atoms. The Morgan fingerprint density at radius 1 is 1.32 bits per heavy atom. The Bertz CT molecular complexity index is 611. The molecule has 1 aromatic carbocycles. The van der Waals surface area contributed by atoms with Gasteiger partial charge in [0.15, 0.2) is 0 Å². The topological polar surface area (TPSA) is 41.6 Å². The van der Waals surface area contributed by atoms with E-state index in [1.807, 2.05) is 6.92 Å². The molecule has 1 heterocycles. The molecule has 1 amide bonds. The Kier molecular flexibility index (Phi) is 5.44. The van der Waals surface area contributed by atoms with Crippen LogP contribution < -0.4 is 5.32 Å². The van der Waals surface area contributed by atoms with Crippen molar-refractivity contribution in [1.29, 1.82) is 0 Å². The van der Waals surface area contributed by atoms with E-state index < -0.39 is 5.82 Å². The Labute approximate surface area is 149 Å². The van der Waals surface area contributed by atoms with Gasteiger partial charge in [0.2, 0.25) is 0 Å². The molecule has 0 radical (unpaired) electrons. The van der Waals surface area contributed by atoms with Crippen LogP contribution in [0.2, 0.25) is 0 Å². The third kappa shape index (κ3) is 3.72. The quantitative estimate of drug-likeness (QED) is 0.888. The molecule has 138 valence electrons. The highest BCUT2D eigenvalue weighted by atomic mass is 19.1. The van der Waals surface area contributed by atoms with Crippen LogP contribution in [0.4, 0.5) is 4.39 Å². The third-order valence-electron chi connectivity index (χ3n) is 5.87. The lowest BCUT2D eigenvalue weighted by molar-refractivity contribution is -0.117. The van der Waals surface area contributed by atoms with Gasteiger partial charge in [-0.1, -0.05) is 26.0 Å². The lowest BCUT2D eigenvalue weighted by Gasteiger charge is -2.53. The summed E-state index contributed by atoms with van der Waals surface area (Å²) in [5, 5.41) is 3.75. The lowest BCUT2D eigenvalue weighted by atomic mass is 9.64. The molecule has 1 aliphatic carbocycles. The highest BCUT2D eigenvalue weighted by Crippen LogP contribution is 2.43. The van der Waals surface area contributed by atoms with Crippen molar-refractivity contribution in [3.63, 3.8) is 0 Å². The molecule has 2 fully saturated rings. The Hall–Kier alpha value is -1.46. The minimum Gasteiger partial charge on any atom is -0.378 e. The maximum atomic E-state index is 13.8. The number of amides is 1. The van der Waals surface area contributed by atoms with E-state index in [1.54, 1.807) is 23.1 Å². The van der Waals surface area contributed by atoms with Crippen molar-refractivity contribution in [2.75, 3.05) is 19.7 Å². The normalized spacial score (nSPS) is 26.3. The minimum atomic E-state index is -0.439. The molecule has 1 saturated carbocycles. The summed E-state index contributed by atoms with van der Waals surface area (Å²) >= 11 is 0. The number of piperidine rings is 1. The number of nitrogens with one attached hydrogen (secondary N) is 1. The van der Waals surface area contributed by atoms with Crippen LogP contribution in [0.15, 0.2) is 24.3 Å². The molecule has 2 atom stereocenters. The number of likely N-dealkylation sites (tertiary alicyclic amines) is 1. The molecule has 1 aromatic rings. The van der Waals surface area contributed by atoms with E-state index in [0.29, 0.717) is 31.3 Å². The molecule has 0 unspecified atom stereocenters. The molecule has 5 heteroatoms. The van der Waals surface area contributed by atoms with Crippen LogP contribution in [0.1, 0.15) is 50.4 Å². The third-order valence-corrected chi connectivity index (χ3v) is 5.87. The zero-order valence-corrected chi connectivity index (χ0v) is 15.4. The number of nitrogens with zero attached hydrogens (tertiary/aromatic N) is 1. The fourth-order valence-corrected chi connectivity index (χ4v) is 3.99. The fraction of sp³-hybridized carbons (Fsp3) is 0.650. The van der Waals surface area contributed by atoms with Crippen molar-refractivity contribution in [2.45, 2.75) is 58.2 Å².